The van der Waals surface area contributed by atoms with Gasteiger partial charge in [-0.2, -0.15) is 0 Å². The van der Waals surface area contributed by atoms with E-state index in [1.165, 1.54) is 17.8 Å². The van der Waals surface area contributed by atoms with Crippen molar-refractivity contribution in [3.8, 4) is 5.75 Å². The number of nitrogens with one attached hydrogen (secondary N) is 1. The standard InChI is InChI=1S/C16H21FN2O3S/c1-18-6-5-12-3-4-15(13(17)9-12)22-8-2-7-19-11-23-10-14(19)16(20)21/h3-4,9-10,18H,2,5-8,11H2,1H3,(H,20,21). The van der Waals surface area contributed by atoms with Crippen molar-refractivity contribution < 1.29 is 19.0 Å². The second kappa shape index (κ2) is 8.79. The number of benzene rings is 1. The molecule has 2 N–H and O–H groups in total. The van der Waals surface area contributed by atoms with Crippen molar-refractivity contribution in [3.63, 3.8) is 0 Å². The van der Waals surface area contributed by atoms with E-state index in [1.807, 2.05) is 13.1 Å². The molecule has 2 rings (SSSR count). The van der Waals surface area contributed by atoms with Crippen molar-refractivity contribution >= 4 is 17.7 Å². The highest BCUT2D eigenvalue weighted by molar-refractivity contribution is 8.02. The van der Waals surface area contributed by atoms with Crippen LogP contribution in [0.1, 0.15) is 12.0 Å². The Kier molecular flexibility index (Phi) is 6.73. The number of likely N-dealkylation sites (N-methyl/N-ethyl adjacent to an activating group) is 1. The van der Waals surface area contributed by atoms with Gasteiger partial charge in [0.2, 0.25) is 0 Å². The highest BCUT2D eigenvalue weighted by Gasteiger charge is 2.20. The van der Waals surface area contributed by atoms with Gasteiger partial charge in [-0.05, 0) is 44.1 Å². The topological polar surface area (TPSA) is 61.8 Å². The number of rotatable bonds is 9. The first kappa shape index (κ1) is 17.6. The molecule has 23 heavy (non-hydrogen) atoms. The maximum absolute atomic E-state index is 13.9. The van der Waals surface area contributed by atoms with Gasteiger partial charge in [0.1, 0.15) is 5.70 Å². The Morgan fingerprint density at radius 2 is 2.35 bits per heavy atom. The normalized spacial score (nSPS) is 14.0. The number of halogens is 1. The van der Waals surface area contributed by atoms with Crippen LogP contribution in [-0.2, 0) is 11.2 Å². The van der Waals surface area contributed by atoms with Gasteiger partial charge >= 0.3 is 5.97 Å². The summed E-state index contributed by atoms with van der Waals surface area (Å²) in [5.41, 5.74) is 1.24. The highest BCUT2D eigenvalue weighted by atomic mass is 32.2. The summed E-state index contributed by atoms with van der Waals surface area (Å²) in [6.45, 7) is 1.72. The quantitative estimate of drug-likeness (QED) is 0.673. The van der Waals surface area contributed by atoms with Crippen LogP contribution in [0.2, 0.25) is 0 Å². The second-order valence-electron chi connectivity index (χ2n) is 5.19. The van der Waals surface area contributed by atoms with Crippen LogP contribution in [0.25, 0.3) is 0 Å². The maximum atomic E-state index is 13.9. The minimum Gasteiger partial charge on any atom is -0.490 e. The molecule has 1 aromatic rings. The van der Waals surface area contributed by atoms with Crippen LogP contribution in [0.5, 0.6) is 5.75 Å². The molecule has 0 aromatic heterocycles. The zero-order valence-corrected chi connectivity index (χ0v) is 13.9. The molecule has 0 saturated heterocycles. The van der Waals surface area contributed by atoms with Gasteiger partial charge in [-0.1, -0.05) is 6.07 Å². The Morgan fingerprint density at radius 3 is 3.04 bits per heavy atom. The monoisotopic (exact) mass is 340 g/mol. The number of aliphatic carboxylic acids is 1. The number of carbonyl (C=O) groups is 1. The first-order valence-electron chi connectivity index (χ1n) is 7.47. The minimum atomic E-state index is -0.917. The van der Waals surface area contributed by atoms with Crippen molar-refractivity contribution in [1.29, 1.82) is 0 Å². The van der Waals surface area contributed by atoms with Gasteiger partial charge in [-0.25, -0.2) is 9.18 Å². The number of carboxylic acids is 1. The summed E-state index contributed by atoms with van der Waals surface area (Å²) in [5.74, 6) is -0.403. The first-order valence-corrected chi connectivity index (χ1v) is 8.52. The van der Waals surface area contributed by atoms with Crippen LogP contribution in [0.3, 0.4) is 0 Å². The molecule has 0 unspecified atom stereocenters. The molecule has 1 aromatic carbocycles. The molecule has 1 aliphatic rings. The van der Waals surface area contributed by atoms with Gasteiger partial charge in [0, 0.05) is 12.0 Å². The molecular formula is C16H21FN2O3S. The smallest absolute Gasteiger partial charge is 0.352 e. The van der Waals surface area contributed by atoms with Crippen molar-refractivity contribution in [1.82, 2.24) is 10.2 Å². The third kappa shape index (κ3) is 5.14. The lowest BCUT2D eigenvalue weighted by Crippen LogP contribution is -2.26. The van der Waals surface area contributed by atoms with Gasteiger partial charge in [0.25, 0.3) is 0 Å². The molecule has 0 saturated carbocycles. The number of thioether (sulfide) groups is 1. The third-order valence-electron chi connectivity index (χ3n) is 3.48. The SMILES string of the molecule is CNCCc1ccc(OCCCN2CSC=C2C(=O)O)c(F)c1. The number of ether oxygens (including phenoxy) is 1. The predicted octanol–water partition coefficient (Wildman–Crippen LogP) is 2.29. The molecule has 1 heterocycles. The number of hydrogen-bond donors (Lipinski definition) is 2. The van der Waals surface area contributed by atoms with Crippen molar-refractivity contribution in [2.75, 3.05) is 32.6 Å². The fraction of sp³-hybridized carbons (Fsp3) is 0.438. The Bertz CT molecular complexity index is 580. The molecule has 0 fully saturated rings. The molecule has 0 spiro atoms. The van der Waals surface area contributed by atoms with Gasteiger partial charge in [0.05, 0.1) is 12.5 Å². The summed E-state index contributed by atoms with van der Waals surface area (Å²) in [7, 11) is 1.86. The molecule has 126 valence electrons. The Balaban J connectivity index is 1.76. The number of nitrogens with zero attached hydrogens (tertiary/aromatic N) is 1. The van der Waals surface area contributed by atoms with E-state index in [4.69, 9.17) is 9.84 Å². The number of carboxylic acid groups (broad SMARTS) is 1. The predicted molar refractivity (Wildman–Crippen MR) is 89.0 cm³/mol. The van der Waals surface area contributed by atoms with Gasteiger partial charge in [0.15, 0.2) is 11.6 Å². The van der Waals surface area contributed by atoms with E-state index < -0.39 is 5.97 Å². The lowest BCUT2D eigenvalue weighted by atomic mass is 10.1. The van der Waals surface area contributed by atoms with E-state index in [1.54, 1.807) is 16.4 Å². The molecule has 0 aliphatic carbocycles. The average molecular weight is 340 g/mol. The highest BCUT2D eigenvalue weighted by Crippen LogP contribution is 2.23. The maximum Gasteiger partial charge on any atom is 0.352 e. The van der Waals surface area contributed by atoms with Crippen LogP contribution in [0.4, 0.5) is 4.39 Å². The lowest BCUT2D eigenvalue weighted by molar-refractivity contribution is -0.134. The van der Waals surface area contributed by atoms with Crippen molar-refractivity contribution in [3.05, 3.63) is 40.7 Å². The van der Waals surface area contributed by atoms with Crippen LogP contribution < -0.4 is 10.1 Å². The third-order valence-corrected chi connectivity index (χ3v) is 4.33. The Hall–Kier alpha value is -1.73. The summed E-state index contributed by atoms with van der Waals surface area (Å²) >= 11 is 1.46. The van der Waals surface area contributed by atoms with Gasteiger partial charge in [-0.3, -0.25) is 0 Å². The minimum absolute atomic E-state index is 0.239. The largest absolute Gasteiger partial charge is 0.490 e. The van der Waals surface area contributed by atoms with E-state index in [9.17, 15) is 9.18 Å². The first-order chi connectivity index (χ1) is 11.1. The molecule has 5 nitrogen and oxygen atoms in total. The van der Waals surface area contributed by atoms with Crippen molar-refractivity contribution in [2.45, 2.75) is 12.8 Å². The zero-order chi connectivity index (χ0) is 16.7. The lowest BCUT2D eigenvalue weighted by Gasteiger charge is -2.18. The van der Waals surface area contributed by atoms with Crippen LogP contribution in [0.15, 0.2) is 29.3 Å². The van der Waals surface area contributed by atoms with E-state index in [2.05, 4.69) is 5.32 Å². The van der Waals surface area contributed by atoms with Gasteiger partial charge < -0.3 is 20.1 Å². The summed E-state index contributed by atoms with van der Waals surface area (Å²) in [6.07, 6.45) is 1.40. The molecule has 0 amide bonds. The van der Waals surface area contributed by atoms with Crippen LogP contribution in [-0.4, -0.2) is 48.6 Å². The van der Waals surface area contributed by atoms with E-state index in [-0.39, 0.29) is 11.6 Å². The summed E-state index contributed by atoms with van der Waals surface area (Å²) in [4.78, 5) is 12.8. The van der Waals surface area contributed by atoms with E-state index in [0.717, 1.165) is 18.5 Å². The molecular weight excluding hydrogens is 319 g/mol. The summed E-state index contributed by atoms with van der Waals surface area (Å²) in [6, 6.07) is 5.00. The fourth-order valence-electron chi connectivity index (χ4n) is 2.24. The molecule has 0 bridgehead atoms. The molecule has 1 aliphatic heterocycles. The van der Waals surface area contributed by atoms with Gasteiger partial charge in [-0.15, -0.1) is 11.8 Å². The van der Waals surface area contributed by atoms with Crippen LogP contribution in [0, 0.1) is 5.82 Å². The van der Waals surface area contributed by atoms with Crippen molar-refractivity contribution in [2.24, 2.45) is 0 Å². The Labute approximate surface area is 139 Å². The second-order valence-corrected chi connectivity index (χ2v) is 6.02. The summed E-state index contributed by atoms with van der Waals surface area (Å²) < 4.78 is 19.4. The zero-order valence-electron chi connectivity index (χ0n) is 13.0. The molecule has 7 heteroatoms. The average Bonchev–Trinajstić information content (AvgIpc) is 2.99. The molecule has 0 radical (unpaired) electrons. The summed E-state index contributed by atoms with van der Waals surface area (Å²) in [5, 5.41) is 13.7. The molecule has 0 atom stereocenters. The fourth-order valence-corrected chi connectivity index (χ4v) is 3.18. The number of hydrogen-bond acceptors (Lipinski definition) is 5. The van der Waals surface area contributed by atoms with E-state index >= 15 is 0 Å². The Morgan fingerprint density at radius 1 is 1.52 bits per heavy atom. The van der Waals surface area contributed by atoms with Crippen LogP contribution >= 0.6 is 11.8 Å². The van der Waals surface area contributed by atoms with E-state index in [0.29, 0.717) is 31.1 Å².